The van der Waals surface area contributed by atoms with Crippen molar-refractivity contribution in [1.82, 2.24) is 4.31 Å². The van der Waals surface area contributed by atoms with Crippen LogP contribution in [0, 0.1) is 11.6 Å². The zero-order chi connectivity index (χ0) is 22.6. The fourth-order valence-corrected chi connectivity index (χ4v) is 4.75. The predicted molar refractivity (Wildman–Crippen MR) is 116 cm³/mol. The summed E-state index contributed by atoms with van der Waals surface area (Å²) >= 11 is 0. The van der Waals surface area contributed by atoms with Gasteiger partial charge in [-0.2, -0.15) is 4.31 Å². The maximum atomic E-state index is 14.6. The van der Waals surface area contributed by atoms with E-state index >= 15 is 0 Å². The monoisotopic (exact) mass is 444 g/mol. The lowest BCUT2D eigenvalue weighted by Crippen LogP contribution is -2.30. The molecular formula is C23H22F2N2O3S. The Balaban J connectivity index is 1.99. The first-order chi connectivity index (χ1) is 14.8. The van der Waals surface area contributed by atoms with Crippen molar-refractivity contribution in [3.63, 3.8) is 0 Å². The number of halogens is 2. The highest BCUT2D eigenvalue weighted by molar-refractivity contribution is 7.89. The van der Waals surface area contributed by atoms with Crippen LogP contribution in [0.1, 0.15) is 24.2 Å². The fourth-order valence-electron chi connectivity index (χ4n) is 3.24. The van der Waals surface area contributed by atoms with Gasteiger partial charge >= 0.3 is 0 Å². The van der Waals surface area contributed by atoms with E-state index in [0.29, 0.717) is 11.6 Å². The summed E-state index contributed by atoms with van der Waals surface area (Å²) in [5, 5.41) is 2.47. The van der Waals surface area contributed by atoms with E-state index in [1.165, 1.54) is 28.6 Å². The van der Waals surface area contributed by atoms with Gasteiger partial charge in [-0.25, -0.2) is 17.2 Å². The molecule has 3 rings (SSSR count). The number of hydrogen-bond donors (Lipinski definition) is 1. The maximum absolute atomic E-state index is 14.6. The van der Waals surface area contributed by atoms with Crippen LogP contribution < -0.4 is 5.32 Å². The van der Waals surface area contributed by atoms with E-state index in [0.717, 1.165) is 6.07 Å². The normalized spacial score (nSPS) is 11.5. The predicted octanol–water partition coefficient (Wildman–Crippen LogP) is 4.91. The van der Waals surface area contributed by atoms with Crippen LogP contribution in [-0.4, -0.2) is 31.7 Å². The molecule has 0 radical (unpaired) electrons. The van der Waals surface area contributed by atoms with Gasteiger partial charge < -0.3 is 5.32 Å². The molecular weight excluding hydrogens is 422 g/mol. The molecule has 0 spiro atoms. The molecule has 8 heteroatoms. The van der Waals surface area contributed by atoms with Crippen LogP contribution in [0.5, 0.6) is 0 Å². The summed E-state index contributed by atoms with van der Waals surface area (Å²) in [6.45, 7) is 4.02. The molecule has 0 aliphatic carbocycles. The zero-order valence-corrected chi connectivity index (χ0v) is 17.9. The van der Waals surface area contributed by atoms with E-state index in [9.17, 15) is 22.0 Å². The Labute approximate surface area is 180 Å². The maximum Gasteiger partial charge on any atom is 0.255 e. The number of sulfonamides is 1. The first kappa shape index (κ1) is 22.6. The van der Waals surface area contributed by atoms with Crippen molar-refractivity contribution >= 4 is 21.6 Å². The van der Waals surface area contributed by atoms with Crippen LogP contribution in [0.2, 0.25) is 0 Å². The average Bonchev–Trinajstić information content (AvgIpc) is 2.76. The lowest BCUT2D eigenvalue weighted by atomic mass is 10.0. The second kappa shape index (κ2) is 9.36. The molecule has 0 aliphatic rings. The first-order valence-electron chi connectivity index (χ1n) is 9.74. The summed E-state index contributed by atoms with van der Waals surface area (Å²) in [7, 11) is -3.77. The van der Waals surface area contributed by atoms with Gasteiger partial charge in [-0.15, -0.1) is 0 Å². The Morgan fingerprint density at radius 3 is 2.26 bits per heavy atom. The molecule has 0 saturated carbocycles. The zero-order valence-electron chi connectivity index (χ0n) is 17.1. The topological polar surface area (TPSA) is 66.5 Å². The number of amides is 1. The molecule has 0 fully saturated rings. The van der Waals surface area contributed by atoms with Crippen LogP contribution in [0.15, 0.2) is 71.6 Å². The van der Waals surface area contributed by atoms with E-state index in [2.05, 4.69) is 5.32 Å². The molecule has 0 aromatic heterocycles. The standard InChI is InChI=1S/C23H22F2N2O3S/c1-3-27(4-2)31(29,30)19-12-8-11-17(13-19)23(28)26-22-20(14-18(24)15-21(22)25)16-9-6-5-7-10-16/h5-15H,3-4H2,1-2H3,(H,26,28). The summed E-state index contributed by atoms with van der Waals surface area (Å²) in [4.78, 5) is 12.8. The molecule has 31 heavy (non-hydrogen) atoms. The Morgan fingerprint density at radius 1 is 0.935 bits per heavy atom. The molecule has 1 N–H and O–H groups in total. The second-order valence-corrected chi connectivity index (χ2v) is 8.69. The van der Waals surface area contributed by atoms with Crippen LogP contribution in [0.25, 0.3) is 11.1 Å². The van der Waals surface area contributed by atoms with Crippen molar-refractivity contribution in [3.05, 3.63) is 83.9 Å². The fraction of sp³-hybridized carbons (Fsp3) is 0.174. The van der Waals surface area contributed by atoms with E-state index in [1.807, 2.05) is 0 Å². The van der Waals surface area contributed by atoms with Crippen molar-refractivity contribution in [3.8, 4) is 11.1 Å². The van der Waals surface area contributed by atoms with Crippen molar-refractivity contribution in [2.75, 3.05) is 18.4 Å². The molecule has 0 aliphatic heterocycles. The van der Waals surface area contributed by atoms with Gasteiger partial charge in [-0.1, -0.05) is 50.2 Å². The van der Waals surface area contributed by atoms with Gasteiger partial charge in [0.1, 0.15) is 11.6 Å². The Morgan fingerprint density at radius 2 is 1.61 bits per heavy atom. The van der Waals surface area contributed by atoms with Crippen molar-refractivity contribution in [2.24, 2.45) is 0 Å². The van der Waals surface area contributed by atoms with Crippen molar-refractivity contribution < 1.29 is 22.0 Å². The van der Waals surface area contributed by atoms with Gasteiger partial charge in [0.2, 0.25) is 10.0 Å². The van der Waals surface area contributed by atoms with E-state index < -0.39 is 27.6 Å². The van der Waals surface area contributed by atoms with Crippen molar-refractivity contribution in [2.45, 2.75) is 18.7 Å². The number of hydrogen-bond acceptors (Lipinski definition) is 3. The third-order valence-corrected chi connectivity index (χ3v) is 6.86. The summed E-state index contributed by atoms with van der Waals surface area (Å²) in [5.41, 5.74) is 0.554. The van der Waals surface area contributed by atoms with Crippen LogP contribution in [0.3, 0.4) is 0 Å². The average molecular weight is 445 g/mol. The first-order valence-corrected chi connectivity index (χ1v) is 11.2. The lowest BCUT2D eigenvalue weighted by molar-refractivity contribution is 0.102. The third kappa shape index (κ3) is 4.81. The molecule has 0 bridgehead atoms. The summed E-state index contributed by atoms with van der Waals surface area (Å²) < 4.78 is 55.2. The van der Waals surface area contributed by atoms with E-state index in [1.54, 1.807) is 44.2 Å². The minimum absolute atomic E-state index is 0.0355. The second-order valence-electron chi connectivity index (χ2n) is 6.75. The smallest absolute Gasteiger partial charge is 0.255 e. The van der Waals surface area contributed by atoms with Crippen LogP contribution in [0.4, 0.5) is 14.5 Å². The Kier molecular flexibility index (Phi) is 6.82. The lowest BCUT2D eigenvalue weighted by Gasteiger charge is -2.19. The number of anilines is 1. The van der Waals surface area contributed by atoms with Crippen molar-refractivity contribution in [1.29, 1.82) is 0 Å². The van der Waals surface area contributed by atoms with Gasteiger partial charge in [0.05, 0.1) is 10.6 Å². The molecule has 3 aromatic carbocycles. The molecule has 0 heterocycles. The van der Waals surface area contributed by atoms with E-state index in [4.69, 9.17) is 0 Å². The minimum atomic E-state index is -3.77. The summed E-state index contributed by atoms with van der Waals surface area (Å²) in [6.07, 6.45) is 0. The van der Waals surface area contributed by atoms with Gasteiger partial charge in [0, 0.05) is 30.3 Å². The Hall–Kier alpha value is -3.10. The molecule has 3 aromatic rings. The number of nitrogens with zero attached hydrogens (tertiary/aromatic N) is 1. The summed E-state index contributed by atoms with van der Waals surface area (Å²) in [5.74, 6) is -2.42. The number of nitrogens with one attached hydrogen (secondary N) is 1. The number of benzene rings is 3. The Bertz CT molecular complexity index is 1190. The molecule has 5 nitrogen and oxygen atoms in total. The highest BCUT2D eigenvalue weighted by Crippen LogP contribution is 2.32. The molecule has 0 atom stereocenters. The van der Waals surface area contributed by atoms with Gasteiger partial charge in [-0.05, 0) is 29.8 Å². The largest absolute Gasteiger partial charge is 0.319 e. The number of carbonyl (C=O) groups is 1. The van der Waals surface area contributed by atoms with E-state index in [-0.39, 0.29) is 34.8 Å². The molecule has 0 unspecified atom stereocenters. The summed E-state index contributed by atoms with van der Waals surface area (Å²) in [6, 6.07) is 15.9. The minimum Gasteiger partial charge on any atom is -0.319 e. The molecule has 1 amide bonds. The molecule has 162 valence electrons. The SMILES string of the molecule is CCN(CC)S(=O)(=O)c1cccc(C(=O)Nc2c(F)cc(F)cc2-c2ccccc2)c1. The third-order valence-electron chi connectivity index (χ3n) is 4.82. The van der Waals surface area contributed by atoms with Crippen LogP contribution in [-0.2, 0) is 10.0 Å². The van der Waals surface area contributed by atoms with Crippen LogP contribution >= 0.6 is 0 Å². The quantitative estimate of drug-likeness (QED) is 0.563. The number of carbonyl (C=O) groups excluding carboxylic acids is 1. The highest BCUT2D eigenvalue weighted by Gasteiger charge is 2.23. The molecule has 0 saturated heterocycles. The van der Waals surface area contributed by atoms with Gasteiger partial charge in [0.25, 0.3) is 5.91 Å². The number of rotatable bonds is 7. The van der Waals surface area contributed by atoms with Gasteiger partial charge in [0.15, 0.2) is 0 Å². The van der Waals surface area contributed by atoms with Gasteiger partial charge in [-0.3, -0.25) is 4.79 Å². The highest BCUT2D eigenvalue weighted by atomic mass is 32.2.